The van der Waals surface area contributed by atoms with Crippen LogP contribution in [-0.2, 0) is 0 Å². The van der Waals surface area contributed by atoms with Gasteiger partial charge in [-0.1, -0.05) is 46.5 Å². The van der Waals surface area contributed by atoms with Gasteiger partial charge in [0.05, 0.1) is 0 Å². The molecular formula is C17H33NS2. The largest absolute Gasteiger partial charge is 0.313 e. The van der Waals surface area contributed by atoms with E-state index in [1.54, 1.807) is 0 Å². The number of nitrogens with one attached hydrogen (secondary N) is 1. The van der Waals surface area contributed by atoms with E-state index in [1.807, 2.05) is 0 Å². The van der Waals surface area contributed by atoms with Gasteiger partial charge in [-0.2, -0.15) is 23.5 Å². The van der Waals surface area contributed by atoms with E-state index in [0.717, 1.165) is 34.9 Å². The Morgan fingerprint density at radius 2 is 1.75 bits per heavy atom. The molecule has 5 unspecified atom stereocenters. The molecule has 0 bridgehead atoms. The van der Waals surface area contributed by atoms with Gasteiger partial charge in [-0.3, -0.25) is 0 Å². The van der Waals surface area contributed by atoms with Crippen molar-refractivity contribution < 1.29 is 0 Å². The van der Waals surface area contributed by atoms with Crippen LogP contribution in [0.2, 0.25) is 0 Å². The predicted octanol–water partition coefficient (Wildman–Crippen LogP) is 4.81. The average molecular weight is 316 g/mol. The molecule has 1 N–H and O–H groups in total. The fraction of sp³-hybridized carbons (Fsp3) is 1.00. The second-order valence-corrected chi connectivity index (χ2v) is 8.99. The van der Waals surface area contributed by atoms with Crippen LogP contribution in [0, 0.1) is 11.8 Å². The Balaban J connectivity index is 2.11. The first-order chi connectivity index (χ1) is 9.81. The molecule has 1 saturated carbocycles. The van der Waals surface area contributed by atoms with Gasteiger partial charge in [-0.25, -0.2) is 0 Å². The van der Waals surface area contributed by atoms with Gasteiger partial charge in [0.15, 0.2) is 0 Å². The molecule has 2 rings (SSSR count). The first kappa shape index (κ1) is 17.0. The van der Waals surface area contributed by atoms with Crippen LogP contribution in [0.15, 0.2) is 0 Å². The minimum absolute atomic E-state index is 0.757. The van der Waals surface area contributed by atoms with Crippen molar-refractivity contribution in [1.29, 1.82) is 0 Å². The molecule has 1 aliphatic carbocycles. The Hall–Kier alpha value is 0.660. The van der Waals surface area contributed by atoms with Gasteiger partial charge < -0.3 is 5.32 Å². The Morgan fingerprint density at radius 1 is 1.00 bits per heavy atom. The summed E-state index contributed by atoms with van der Waals surface area (Å²) in [5, 5.41) is 5.63. The third-order valence-corrected chi connectivity index (χ3v) is 8.61. The van der Waals surface area contributed by atoms with E-state index in [4.69, 9.17) is 0 Å². The van der Waals surface area contributed by atoms with E-state index in [1.165, 1.54) is 50.0 Å². The van der Waals surface area contributed by atoms with Crippen LogP contribution < -0.4 is 5.32 Å². The summed E-state index contributed by atoms with van der Waals surface area (Å²) < 4.78 is 0. The van der Waals surface area contributed by atoms with E-state index in [2.05, 4.69) is 49.6 Å². The molecule has 2 fully saturated rings. The highest BCUT2D eigenvalue weighted by Crippen LogP contribution is 2.42. The molecular weight excluding hydrogens is 282 g/mol. The maximum absolute atomic E-state index is 3.92. The lowest BCUT2D eigenvalue weighted by Crippen LogP contribution is -2.51. The molecule has 1 heterocycles. The van der Waals surface area contributed by atoms with Crippen LogP contribution in [0.3, 0.4) is 0 Å². The maximum atomic E-state index is 3.92. The van der Waals surface area contributed by atoms with Crippen molar-refractivity contribution in [3.63, 3.8) is 0 Å². The van der Waals surface area contributed by atoms with Crippen LogP contribution in [0.1, 0.15) is 59.3 Å². The lowest BCUT2D eigenvalue weighted by atomic mass is 9.72. The number of hydrogen-bond acceptors (Lipinski definition) is 3. The molecule has 5 atom stereocenters. The summed E-state index contributed by atoms with van der Waals surface area (Å²) >= 11 is 4.50. The highest BCUT2D eigenvalue weighted by Gasteiger charge is 2.39. The summed E-state index contributed by atoms with van der Waals surface area (Å²) in [7, 11) is 0. The minimum Gasteiger partial charge on any atom is -0.313 e. The van der Waals surface area contributed by atoms with E-state index < -0.39 is 0 Å². The molecule has 1 saturated heterocycles. The molecule has 3 heteroatoms. The van der Waals surface area contributed by atoms with Gasteiger partial charge in [0.25, 0.3) is 0 Å². The summed E-state index contributed by atoms with van der Waals surface area (Å²) in [6.45, 7) is 8.22. The molecule has 20 heavy (non-hydrogen) atoms. The molecule has 0 spiro atoms. The summed E-state index contributed by atoms with van der Waals surface area (Å²) in [6, 6.07) is 0.757. The zero-order chi connectivity index (χ0) is 14.4. The molecule has 0 amide bonds. The Labute approximate surface area is 134 Å². The first-order valence-electron chi connectivity index (χ1n) is 8.78. The lowest BCUT2D eigenvalue weighted by molar-refractivity contribution is 0.172. The fourth-order valence-electron chi connectivity index (χ4n) is 4.23. The van der Waals surface area contributed by atoms with Crippen LogP contribution in [0.5, 0.6) is 0 Å². The summed E-state index contributed by atoms with van der Waals surface area (Å²) in [6.07, 6.45) is 8.60. The third-order valence-electron chi connectivity index (χ3n) is 5.24. The lowest BCUT2D eigenvalue weighted by Gasteiger charge is -2.44. The third kappa shape index (κ3) is 4.10. The topological polar surface area (TPSA) is 12.0 Å². The molecule has 1 aliphatic heterocycles. The zero-order valence-corrected chi connectivity index (χ0v) is 15.2. The Morgan fingerprint density at radius 3 is 2.45 bits per heavy atom. The van der Waals surface area contributed by atoms with Crippen LogP contribution in [0.4, 0.5) is 0 Å². The molecule has 0 aromatic rings. The number of thioether (sulfide) groups is 2. The summed E-state index contributed by atoms with van der Waals surface area (Å²) in [5.41, 5.74) is 0. The first-order valence-corrected chi connectivity index (χ1v) is 10.9. The van der Waals surface area contributed by atoms with Gasteiger partial charge >= 0.3 is 0 Å². The smallest absolute Gasteiger partial charge is 0.0322 e. The van der Waals surface area contributed by atoms with Crippen molar-refractivity contribution in [2.75, 3.05) is 18.1 Å². The van der Waals surface area contributed by atoms with Crippen LogP contribution in [0.25, 0.3) is 0 Å². The monoisotopic (exact) mass is 315 g/mol. The van der Waals surface area contributed by atoms with Gasteiger partial charge in [0, 0.05) is 28.0 Å². The van der Waals surface area contributed by atoms with E-state index in [9.17, 15) is 0 Å². The van der Waals surface area contributed by atoms with Crippen molar-refractivity contribution in [1.82, 2.24) is 5.32 Å². The molecule has 1 nitrogen and oxygen atoms in total. The van der Waals surface area contributed by atoms with Gasteiger partial charge in [-0.15, -0.1) is 0 Å². The standard InChI is InChI=1S/C17H33NS2/c1-4-13-9-7-8-10-14(13)16(18-6-3)17-15(5-2)19-11-12-20-17/h13-18H,4-12H2,1-3H3. The molecule has 118 valence electrons. The highest BCUT2D eigenvalue weighted by atomic mass is 32.2. The van der Waals surface area contributed by atoms with Crippen molar-refractivity contribution in [2.45, 2.75) is 75.8 Å². The molecule has 0 aromatic carbocycles. The van der Waals surface area contributed by atoms with E-state index >= 15 is 0 Å². The van der Waals surface area contributed by atoms with Crippen molar-refractivity contribution >= 4 is 23.5 Å². The second-order valence-electron chi connectivity index (χ2n) is 6.35. The predicted molar refractivity (Wildman–Crippen MR) is 96.0 cm³/mol. The van der Waals surface area contributed by atoms with Gasteiger partial charge in [0.1, 0.15) is 0 Å². The Kier molecular flexibility index (Phi) is 7.61. The number of hydrogen-bond donors (Lipinski definition) is 1. The van der Waals surface area contributed by atoms with E-state index in [0.29, 0.717) is 0 Å². The second kappa shape index (κ2) is 8.95. The normalized spacial score (nSPS) is 36.8. The molecule has 2 aliphatic rings. The van der Waals surface area contributed by atoms with Crippen LogP contribution >= 0.6 is 23.5 Å². The van der Waals surface area contributed by atoms with Crippen molar-refractivity contribution in [2.24, 2.45) is 11.8 Å². The number of rotatable bonds is 6. The van der Waals surface area contributed by atoms with Crippen molar-refractivity contribution in [3.05, 3.63) is 0 Å². The summed E-state index contributed by atoms with van der Waals surface area (Å²) in [4.78, 5) is 0. The Bertz CT molecular complexity index is 248. The average Bonchev–Trinajstić information content (AvgIpc) is 2.52. The highest BCUT2D eigenvalue weighted by molar-refractivity contribution is 8.07. The molecule has 0 aromatic heterocycles. The zero-order valence-electron chi connectivity index (χ0n) is 13.6. The SMILES string of the molecule is CCNC(C1CCCCC1CC)C1SCCSC1CC. The quantitative estimate of drug-likeness (QED) is 0.755. The van der Waals surface area contributed by atoms with Crippen LogP contribution in [-0.4, -0.2) is 34.6 Å². The maximum Gasteiger partial charge on any atom is 0.0322 e. The fourth-order valence-corrected chi connectivity index (χ4v) is 7.56. The van der Waals surface area contributed by atoms with Crippen molar-refractivity contribution in [3.8, 4) is 0 Å². The van der Waals surface area contributed by atoms with Gasteiger partial charge in [0.2, 0.25) is 0 Å². The molecule has 0 radical (unpaired) electrons. The van der Waals surface area contributed by atoms with E-state index in [-0.39, 0.29) is 0 Å². The minimum atomic E-state index is 0.757. The summed E-state index contributed by atoms with van der Waals surface area (Å²) in [5.74, 6) is 4.62. The van der Waals surface area contributed by atoms with Gasteiger partial charge in [-0.05, 0) is 31.2 Å².